The standard InChI is InChI=1S/C22H31ClF3N3O/c1-15-12-16(2-3-19(15)23)13-20(27)21(30)29-10-6-18(7-11-29)17-4-8-28(9-5-17)14-22(24,25)26/h2-3,12,17-18,20H,4-11,13-14,27H2,1H3. The second kappa shape index (κ2) is 9.88. The fourth-order valence-electron chi connectivity index (χ4n) is 4.84. The van der Waals surface area contributed by atoms with Crippen molar-refractivity contribution in [2.24, 2.45) is 17.6 Å². The van der Waals surface area contributed by atoms with Gasteiger partial charge in [-0.3, -0.25) is 9.69 Å². The summed E-state index contributed by atoms with van der Waals surface area (Å²) < 4.78 is 37.7. The van der Waals surface area contributed by atoms with E-state index >= 15 is 0 Å². The SMILES string of the molecule is Cc1cc(CC(N)C(=O)N2CCC(C3CCN(CC(F)(F)F)CC3)CC2)ccc1Cl. The molecule has 1 aromatic rings. The van der Waals surface area contributed by atoms with Gasteiger partial charge < -0.3 is 10.6 Å². The van der Waals surface area contributed by atoms with Gasteiger partial charge in [0.2, 0.25) is 5.91 Å². The molecule has 0 radical (unpaired) electrons. The predicted octanol–water partition coefficient (Wildman–Crippen LogP) is 4.03. The van der Waals surface area contributed by atoms with Crippen LogP contribution in [-0.4, -0.2) is 60.6 Å². The number of piperidine rings is 2. The maximum absolute atomic E-state index is 12.8. The Kier molecular flexibility index (Phi) is 7.69. The van der Waals surface area contributed by atoms with E-state index < -0.39 is 18.8 Å². The van der Waals surface area contributed by atoms with E-state index in [-0.39, 0.29) is 5.91 Å². The molecule has 1 aromatic carbocycles. The lowest BCUT2D eigenvalue weighted by Crippen LogP contribution is -2.49. The Bertz CT molecular complexity index is 727. The summed E-state index contributed by atoms with van der Waals surface area (Å²) in [5.74, 6) is 0.913. The summed E-state index contributed by atoms with van der Waals surface area (Å²) >= 11 is 6.06. The lowest BCUT2D eigenvalue weighted by atomic mass is 9.78. The summed E-state index contributed by atoms with van der Waals surface area (Å²) in [5, 5.41) is 0.699. The Balaban J connectivity index is 1.43. The minimum Gasteiger partial charge on any atom is -0.341 e. The van der Waals surface area contributed by atoms with Crippen LogP contribution in [0.15, 0.2) is 18.2 Å². The van der Waals surface area contributed by atoms with Crippen LogP contribution in [0.4, 0.5) is 13.2 Å². The number of rotatable bonds is 5. The normalized spacial score (nSPS) is 21.1. The van der Waals surface area contributed by atoms with Gasteiger partial charge in [-0.2, -0.15) is 13.2 Å². The van der Waals surface area contributed by atoms with Crippen LogP contribution in [0.5, 0.6) is 0 Å². The molecular weight excluding hydrogens is 415 g/mol. The van der Waals surface area contributed by atoms with Gasteiger partial charge in [-0.1, -0.05) is 23.7 Å². The van der Waals surface area contributed by atoms with Crippen molar-refractivity contribution in [3.8, 4) is 0 Å². The molecule has 1 unspecified atom stereocenters. The molecule has 2 N–H and O–H groups in total. The first kappa shape index (κ1) is 23.4. The largest absolute Gasteiger partial charge is 0.401 e. The summed E-state index contributed by atoms with van der Waals surface area (Å²) in [4.78, 5) is 16.1. The summed E-state index contributed by atoms with van der Waals surface area (Å²) in [6.45, 7) is 3.50. The molecule has 2 heterocycles. The van der Waals surface area contributed by atoms with Crippen LogP contribution in [0, 0.1) is 18.8 Å². The van der Waals surface area contributed by atoms with Crippen molar-refractivity contribution in [2.75, 3.05) is 32.7 Å². The molecule has 2 saturated heterocycles. The second-order valence-corrected chi connectivity index (χ2v) is 9.19. The minimum atomic E-state index is -4.12. The number of carbonyl (C=O) groups excluding carboxylic acids is 1. The zero-order valence-corrected chi connectivity index (χ0v) is 18.2. The summed E-state index contributed by atoms with van der Waals surface area (Å²) in [6.07, 6.45) is -0.213. The number of nitrogens with zero attached hydrogens (tertiary/aromatic N) is 2. The van der Waals surface area contributed by atoms with Gasteiger partial charge in [0.05, 0.1) is 12.6 Å². The van der Waals surface area contributed by atoms with Gasteiger partial charge in [0.15, 0.2) is 0 Å². The monoisotopic (exact) mass is 445 g/mol. The van der Waals surface area contributed by atoms with Crippen molar-refractivity contribution in [2.45, 2.75) is 51.2 Å². The molecule has 30 heavy (non-hydrogen) atoms. The molecule has 168 valence electrons. The molecule has 4 nitrogen and oxygen atoms in total. The van der Waals surface area contributed by atoms with Crippen LogP contribution < -0.4 is 5.73 Å². The molecule has 2 aliphatic rings. The van der Waals surface area contributed by atoms with Crippen molar-refractivity contribution >= 4 is 17.5 Å². The number of likely N-dealkylation sites (tertiary alicyclic amines) is 2. The third kappa shape index (κ3) is 6.34. The first-order valence-electron chi connectivity index (χ1n) is 10.7. The van der Waals surface area contributed by atoms with E-state index in [0.29, 0.717) is 49.5 Å². The van der Waals surface area contributed by atoms with Crippen LogP contribution in [0.25, 0.3) is 0 Å². The number of hydrogen-bond acceptors (Lipinski definition) is 3. The number of aryl methyl sites for hydroxylation is 1. The average Bonchev–Trinajstić information content (AvgIpc) is 2.70. The molecule has 0 spiro atoms. The third-order valence-corrected chi connectivity index (χ3v) is 6.97. The van der Waals surface area contributed by atoms with Crippen LogP contribution in [0.2, 0.25) is 5.02 Å². The lowest BCUT2D eigenvalue weighted by Gasteiger charge is -2.40. The van der Waals surface area contributed by atoms with Gasteiger partial charge in [-0.25, -0.2) is 0 Å². The highest BCUT2D eigenvalue weighted by Crippen LogP contribution is 2.33. The van der Waals surface area contributed by atoms with Crippen molar-refractivity contribution in [1.29, 1.82) is 0 Å². The van der Waals surface area contributed by atoms with Gasteiger partial charge in [-0.15, -0.1) is 0 Å². The zero-order chi connectivity index (χ0) is 21.9. The van der Waals surface area contributed by atoms with E-state index in [4.69, 9.17) is 17.3 Å². The van der Waals surface area contributed by atoms with E-state index in [1.54, 1.807) is 0 Å². The quantitative estimate of drug-likeness (QED) is 0.744. The molecule has 8 heteroatoms. The first-order valence-corrected chi connectivity index (χ1v) is 11.1. The van der Waals surface area contributed by atoms with Gasteiger partial charge in [0, 0.05) is 18.1 Å². The number of hydrogen-bond donors (Lipinski definition) is 1. The molecule has 3 rings (SSSR count). The Morgan fingerprint density at radius 3 is 2.23 bits per heavy atom. The first-order chi connectivity index (χ1) is 14.1. The Morgan fingerprint density at radius 1 is 1.13 bits per heavy atom. The topological polar surface area (TPSA) is 49.6 Å². The second-order valence-electron chi connectivity index (χ2n) is 8.79. The van der Waals surface area contributed by atoms with Crippen molar-refractivity contribution in [1.82, 2.24) is 9.80 Å². The lowest BCUT2D eigenvalue weighted by molar-refractivity contribution is -0.149. The Labute approximate surface area is 181 Å². The summed E-state index contributed by atoms with van der Waals surface area (Å²) in [6, 6.07) is 5.12. The maximum Gasteiger partial charge on any atom is 0.401 e. The van der Waals surface area contributed by atoms with Crippen molar-refractivity contribution < 1.29 is 18.0 Å². The number of benzene rings is 1. The van der Waals surface area contributed by atoms with Gasteiger partial charge in [0.1, 0.15) is 0 Å². The Hall–Kier alpha value is -1.31. The average molecular weight is 446 g/mol. The van der Waals surface area contributed by atoms with Crippen LogP contribution in [0.1, 0.15) is 36.8 Å². The molecule has 2 fully saturated rings. The molecule has 0 aromatic heterocycles. The highest BCUT2D eigenvalue weighted by atomic mass is 35.5. The number of nitrogens with two attached hydrogens (primary N) is 1. The van der Waals surface area contributed by atoms with Crippen LogP contribution >= 0.6 is 11.6 Å². The molecule has 0 aliphatic carbocycles. The highest BCUT2D eigenvalue weighted by molar-refractivity contribution is 6.31. The molecule has 2 aliphatic heterocycles. The van der Waals surface area contributed by atoms with E-state index in [1.807, 2.05) is 30.0 Å². The number of halogens is 4. The number of alkyl halides is 3. The molecule has 0 bridgehead atoms. The van der Waals surface area contributed by atoms with Crippen molar-refractivity contribution in [3.63, 3.8) is 0 Å². The molecule has 1 amide bonds. The number of carbonyl (C=O) groups is 1. The Morgan fingerprint density at radius 2 is 1.70 bits per heavy atom. The van der Waals surface area contributed by atoms with Gasteiger partial charge in [0.25, 0.3) is 0 Å². The van der Waals surface area contributed by atoms with Crippen LogP contribution in [0.3, 0.4) is 0 Å². The fraction of sp³-hybridized carbons (Fsp3) is 0.682. The van der Waals surface area contributed by atoms with Gasteiger partial charge in [-0.05, 0) is 81.1 Å². The van der Waals surface area contributed by atoms with Crippen LogP contribution in [-0.2, 0) is 11.2 Å². The van der Waals surface area contributed by atoms with E-state index in [2.05, 4.69) is 0 Å². The zero-order valence-electron chi connectivity index (χ0n) is 17.4. The van der Waals surface area contributed by atoms with Crippen molar-refractivity contribution in [3.05, 3.63) is 34.3 Å². The molecule has 0 saturated carbocycles. The van der Waals surface area contributed by atoms with E-state index in [0.717, 1.165) is 36.8 Å². The molecular formula is C22H31ClF3N3O. The fourth-order valence-corrected chi connectivity index (χ4v) is 4.95. The van der Waals surface area contributed by atoms with E-state index in [1.165, 1.54) is 4.90 Å². The maximum atomic E-state index is 12.8. The minimum absolute atomic E-state index is 0.0268. The summed E-state index contributed by atoms with van der Waals surface area (Å²) in [7, 11) is 0. The predicted molar refractivity (Wildman–Crippen MR) is 112 cm³/mol. The molecule has 1 atom stereocenters. The smallest absolute Gasteiger partial charge is 0.341 e. The highest BCUT2D eigenvalue weighted by Gasteiger charge is 2.35. The number of amides is 1. The third-order valence-electron chi connectivity index (χ3n) is 6.55. The van der Waals surface area contributed by atoms with Gasteiger partial charge >= 0.3 is 6.18 Å². The summed E-state index contributed by atoms with van der Waals surface area (Å²) in [5.41, 5.74) is 8.16. The van der Waals surface area contributed by atoms with E-state index in [9.17, 15) is 18.0 Å².